The van der Waals surface area contributed by atoms with E-state index < -0.39 is 11.6 Å². The van der Waals surface area contributed by atoms with Crippen molar-refractivity contribution in [2.45, 2.75) is 70.9 Å². The number of fused-ring (bicyclic) bond motifs is 1. The van der Waals surface area contributed by atoms with E-state index in [0.29, 0.717) is 47.4 Å². The van der Waals surface area contributed by atoms with Gasteiger partial charge in [-0.1, -0.05) is 23.7 Å². The molecule has 0 spiro atoms. The average molecular weight is 610 g/mol. The zero-order valence-electron chi connectivity index (χ0n) is 24.8. The van der Waals surface area contributed by atoms with Crippen LogP contribution in [0.4, 0.5) is 4.39 Å². The van der Waals surface area contributed by atoms with Gasteiger partial charge in [0.25, 0.3) is 5.79 Å². The summed E-state index contributed by atoms with van der Waals surface area (Å²) >= 11 is 5.97. The van der Waals surface area contributed by atoms with E-state index in [1.165, 1.54) is 6.07 Å². The highest BCUT2D eigenvalue weighted by molar-refractivity contribution is 6.30. The lowest BCUT2D eigenvalue weighted by atomic mass is 9.88. The van der Waals surface area contributed by atoms with Gasteiger partial charge in [-0.3, -0.25) is 4.90 Å². The minimum Gasteiger partial charge on any atom is -0.463 e. The number of imidazole rings is 1. The van der Waals surface area contributed by atoms with E-state index in [1.807, 2.05) is 24.4 Å². The Hall–Kier alpha value is -3.40. The van der Waals surface area contributed by atoms with Crippen molar-refractivity contribution in [3.63, 3.8) is 0 Å². The number of likely N-dealkylation sites (tertiary alicyclic amines) is 1. The van der Waals surface area contributed by atoms with Crippen LogP contribution in [0.1, 0.15) is 68.6 Å². The van der Waals surface area contributed by atoms with Crippen molar-refractivity contribution in [1.29, 1.82) is 0 Å². The number of nitrogens with zero attached hydrogens (tertiary/aromatic N) is 3. The van der Waals surface area contributed by atoms with E-state index in [0.717, 1.165) is 56.0 Å². The summed E-state index contributed by atoms with van der Waals surface area (Å²) in [6.07, 6.45) is 6.72. The largest absolute Gasteiger partial charge is 0.463 e. The molecule has 2 fully saturated rings. The van der Waals surface area contributed by atoms with Gasteiger partial charge in [0.1, 0.15) is 11.6 Å². The standard InChI is InChI=1S/C33H37ClFN3O5/c1-4-40-32(39)21(2)16-24-18-36-30(38(24)19-25-12-15-41-25)20-37-13-10-22(11-14-37)26-6-5-7-29-31(26)43-33(3,42-29)27-9-8-23(34)17-28(27)35/h5-9,16-18,22,25H,4,10-15,19-20H2,1-3H3/b21-16+/t25-,33+/m0/s1. The fourth-order valence-electron chi connectivity index (χ4n) is 6.08. The molecule has 0 radical (unpaired) electrons. The summed E-state index contributed by atoms with van der Waals surface area (Å²) in [6.45, 7) is 9.60. The van der Waals surface area contributed by atoms with Crippen molar-refractivity contribution in [2.75, 3.05) is 26.3 Å². The van der Waals surface area contributed by atoms with Crippen molar-refractivity contribution in [1.82, 2.24) is 14.5 Å². The molecule has 10 heteroatoms. The number of piperidine rings is 1. The third-order valence-electron chi connectivity index (χ3n) is 8.53. The summed E-state index contributed by atoms with van der Waals surface area (Å²) < 4.78 is 40.4. The van der Waals surface area contributed by atoms with E-state index in [4.69, 9.17) is 35.5 Å². The zero-order chi connectivity index (χ0) is 30.1. The number of carbonyl (C=O) groups excluding carboxylic acids is 1. The number of carbonyl (C=O) groups is 1. The van der Waals surface area contributed by atoms with Gasteiger partial charge in [-0.2, -0.15) is 0 Å². The van der Waals surface area contributed by atoms with Crippen LogP contribution in [0, 0.1) is 5.82 Å². The van der Waals surface area contributed by atoms with Crippen molar-refractivity contribution < 1.29 is 28.1 Å². The number of rotatable bonds is 9. The summed E-state index contributed by atoms with van der Waals surface area (Å²) in [5.41, 5.74) is 2.81. The predicted octanol–water partition coefficient (Wildman–Crippen LogP) is 6.45. The van der Waals surface area contributed by atoms with Crippen molar-refractivity contribution in [3.05, 3.63) is 81.7 Å². The van der Waals surface area contributed by atoms with Gasteiger partial charge in [-0.15, -0.1) is 0 Å². The highest BCUT2D eigenvalue weighted by Gasteiger charge is 2.43. The maximum atomic E-state index is 14.8. The zero-order valence-corrected chi connectivity index (χ0v) is 25.5. The molecule has 0 aliphatic carbocycles. The molecule has 3 aliphatic heterocycles. The molecule has 2 aromatic carbocycles. The van der Waals surface area contributed by atoms with Gasteiger partial charge >= 0.3 is 5.97 Å². The van der Waals surface area contributed by atoms with Crippen LogP contribution in [0.5, 0.6) is 11.5 Å². The van der Waals surface area contributed by atoms with Crippen LogP contribution in [0.2, 0.25) is 5.02 Å². The van der Waals surface area contributed by atoms with Crippen LogP contribution < -0.4 is 9.47 Å². The number of benzene rings is 2. The molecule has 228 valence electrons. The highest BCUT2D eigenvalue weighted by atomic mass is 35.5. The molecule has 0 amide bonds. The number of halogens is 2. The number of hydrogen-bond acceptors (Lipinski definition) is 7. The second-order valence-corrected chi connectivity index (χ2v) is 12.0. The number of aromatic nitrogens is 2. The van der Waals surface area contributed by atoms with Crippen molar-refractivity contribution in [2.24, 2.45) is 0 Å². The van der Waals surface area contributed by atoms with Crippen LogP contribution in [-0.4, -0.2) is 52.8 Å². The first-order chi connectivity index (χ1) is 20.7. The molecule has 3 aromatic rings. The summed E-state index contributed by atoms with van der Waals surface area (Å²) in [7, 11) is 0. The third-order valence-corrected chi connectivity index (χ3v) is 8.77. The lowest BCUT2D eigenvalue weighted by molar-refractivity contribution is -0.138. The molecule has 0 N–H and O–H groups in total. The Morgan fingerprint density at radius 3 is 2.70 bits per heavy atom. The molecule has 0 saturated carbocycles. The quantitative estimate of drug-likeness (QED) is 0.204. The van der Waals surface area contributed by atoms with Crippen molar-refractivity contribution in [3.8, 4) is 11.5 Å². The Kier molecular flexibility index (Phi) is 8.49. The van der Waals surface area contributed by atoms with E-state index >= 15 is 0 Å². The Bertz CT molecular complexity index is 1530. The lowest BCUT2D eigenvalue weighted by Crippen LogP contribution is -2.35. The van der Waals surface area contributed by atoms with E-state index in [-0.39, 0.29) is 18.0 Å². The first-order valence-corrected chi connectivity index (χ1v) is 15.3. The first-order valence-electron chi connectivity index (χ1n) is 14.9. The fraction of sp³-hybridized carbons (Fsp3) is 0.455. The van der Waals surface area contributed by atoms with Crippen LogP contribution >= 0.6 is 11.6 Å². The van der Waals surface area contributed by atoms with Gasteiger partial charge in [0.05, 0.1) is 43.3 Å². The Morgan fingerprint density at radius 2 is 2.00 bits per heavy atom. The number of esters is 1. The monoisotopic (exact) mass is 609 g/mol. The fourth-order valence-corrected chi connectivity index (χ4v) is 6.24. The maximum absolute atomic E-state index is 14.8. The lowest BCUT2D eigenvalue weighted by Gasteiger charge is -2.33. The molecule has 1 aromatic heterocycles. The second kappa shape index (κ2) is 12.3. The van der Waals surface area contributed by atoms with Gasteiger partial charge in [0.2, 0.25) is 0 Å². The summed E-state index contributed by atoms with van der Waals surface area (Å²) in [5.74, 6) is 0.482. The van der Waals surface area contributed by atoms with Gasteiger partial charge in [-0.05, 0) is 82.5 Å². The smallest absolute Gasteiger partial charge is 0.333 e. The minimum atomic E-state index is -1.27. The summed E-state index contributed by atoms with van der Waals surface area (Å²) in [6, 6.07) is 10.5. The Morgan fingerprint density at radius 1 is 1.21 bits per heavy atom. The molecule has 0 unspecified atom stereocenters. The van der Waals surface area contributed by atoms with E-state index in [1.54, 1.807) is 32.9 Å². The van der Waals surface area contributed by atoms with Gasteiger partial charge < -0.3 is 23.5 Å². The number of para-hydroxylation sites is 1. The SMILES string of the molecule is CCOC(=O)/C(C)=C/c1cnc(CN2CCC(c3cccc4c3O[C@](C)(c3ccc(Cl)cc3F)O4)CC2)n1C[C@@H]1CCO1. The first kappa shape index (κ1) is 29.7. The second-order valence-electron chi connectivity index (χ2n) is 11.5. The summed E-state index contributed by atoms with van der Waals surface area (Å²) in [4.78, 5) is 19.4. The Labute approximate surface area is 256 Å². The summed E-state index contributed by atoms with van der Waals surface area (Å²) in [5, 5.41) is 0.325. The van der Waals surface area contributed by atoms with E-state index in [2.05, 4.69) is 15.5 Å². The molecular weight excluding hydrogens is 573 g/mol. The van der Waals surface area contributed by atoms with Crippen molar-refractivity contribution >= 4 is 23.6 Å². The van der Waals surface area contributed by atoms with Crippen LogP contribution in [0.3, 0.4) is 0 Å². The topological polar surface area (TPSA) is 75.0 Å². The third kappa shape index (κ3) is 6.16. The normalized spacial score (nSPS) is 22.4. The highest BCUT2D eigenvalue weighted by Crippen LogP contribution is 2.49. The molecule has 6 rings (SSSR count). The molecule has 4 heterocycles. The van der Waals surface area contributed by atoms with Gasteiger partial charge in [0.15, 0.2) is 11.5 Å². The average Bonchev–Trinajstić information content (AvgIpc) is 3.50. The van der Waals surface area contributed by atoms with Gasteiger partial charge in [-0.25, -0.2) is 14.2 Å². The molecule has 2 saturated heterocycles. The van der Waals surface area contributed by atoms with Crippen LogP contribution in [0.25, 0.3) is 6.08 Å². The molecule has 3 aliphatic rings. The molecular formula is C33H37ClFN3O5. The number of ether oxygens (including phenoxy) is 4. The van der Waals surface area contributed by atoms with E-state index in [9.17, 15) is 9.18 Å². The molecule has 8 nitrogen and oxygen atoms in total. The molecule has 2 atom stereocenters. The minimum absolute atomic E-state index is 0.156. The Balaban J connectivity index is 1.14. The van der Waals surface area contributed by atoms with Gasteiger partial charge in [0, 0.05) is 29.7 Å². The maximum Gasteiger partial charge on any atom is 0.333 e. The van der Waals surface area contributed by atoms with Crippen LogP contribution in [0.15, 0.2) is 48.2 Å². The molecule has 0 bridgehead atoms. The van der Waals surface area contributed by atoms with Crippen LogP contribution in [-0.2, 0) is 33.1 Å². The molecule has 43 heavy (non-hydrogen) atoms. The predicted molar refractivity (Wildman–Crippen MR) is 161 cm³/mol. The number of hydrogen-bond donors (Lipinski definition) is 0.